The maximum absolute atomic E-state index is 11.8. The molecule has 21 heavy (non-hydrogen) atoms. The minimum absolute atomic E-state index is 0.0320. The van der Waals surface area contributed by atoms with E-state index >= 15 is 0 Å². The summed E-state index contributed by atoms with van der Waals surface area (Å²) >= 11 is 1.57. The summed E-state index contributed by atoms with van der Waals surface area (Å²) in [6, 6.07) is 8.28. The van der Waals surface area contributed by atoms with Gasteiger partial charge in [0.2, 0.25) is 11.8 Å². The highest BCUT2D eigenvalue weighted by Gasteiger charge is 2.17. The standard InChI is InChI=1S/C16H22N2O2S/c1-13-5-4-6-14(9-13)11-21-12-15(19)17-10-16(20)18-7-2-3-8-18/h4-6,9H,2-3,7-8,10-12H2,1H3,(H,17,19). The predicted octanol–water partition coefficient (Wildman–Crippen LogP) is 1.97. The first kappa shape index (κ1) is 15.9. The van der Waals surface area contributed by atoms with Crippen LogP contribution in [0.5, 0.6) is 0 Å². The van der Waals surface area contributed by atoms with Gasteiger partial charge in [0.15, 0.2) is 0 Å². The molecule has 1 aromatic rings. The molecule has 1 aromatic carbocycles. The van der Waals surface area contributed by atoms with Crippen LogP contribution in [0.2, 0.25) is 0 Å². The molecule has 0 spiro atoms. The number of carbonyl (C=O) groups is 2. The van der Waals surface area contributed by atoms with Crippen molar-refractivity contribution in [1.29, 1.82) is 0 Å². The molecule has 2 rings (SSSR count). The van der Waals surface area contributed by atoms with Crippen LogP contribution in [0.4, 0.5) is 0 Å². The summed E-state index contributed by atoms with van der Waals surface area (Å²) in [6.07, 6.45) is 2.15. The van der Waals surface area contributed by atoms with Gasteiger partial charge < -0.3 is 10.2 Å². The van der Waals surface area contributed by atoms with Gasteiger partial charge in [-0.05, 0) is 25.3 Å². The van der Waals surface area contributed by atoms with Crippen molar-refractivity contribution in [2.45, 2.75) is 25.5 Å². The largest absolute Gasteiger partial charge is 0.346 e. The highest BCUT2D eigenvalue weighted by Crippen LogP contribution is 2.13. The van der Waals surface area contributed by atoms with E-state index in [0.29, 0.717) is 5.75 Å². The van der Waals surface area contributed by atoms with E-state index in [0.717, 1.165) is 31.7 Å². The Balaban J connectivity index is 1.62. The van der Waals surface area contributed by atoms with Crippen LogP contribution < -0.4 is 5.32 Å². The monoisotopic (exact) mass is 306 g/mol. The second kappa shape index (κ2) is 8.08. The molecule has 114 valence electrons. The molecule has 0 unspecified atom stereocenters. The van der Waals surface area contributed by atoms with Crippen LogP contribution >= 0.6 is 11.8 Å². The van der Waals surface area contributed by atoms with E-state index in [2.05, 4.69) is 30.4 Å². The number of amides is 2. The molecule has 1 fully saturated rings. The Labute approximate surface area is 130 Å². The molecule has 5 heteroatoms. The summed E-state index contributed by atoms with van der Waals surface area (Å²) < 4.78 is 0. The number of aryl methyl sites for hydroxylation is 1. The fourth-order valence-corrected chi connectivity index (χ4v) is 3.17. The van der Waals surface area contributed by atoms with Crippen molar-refractivity contribution in [3.8, 4) is 0 Å². The van der Waals surface area contributed by atoms with Crippen molar-refractivity contribution >= 4 is 23.6 Å². The molecule has 0 bridgehead atoms. The zero-order chi connectivity index (χ0) is 15.1. The van der Waals surface area contributed by atoms with Crippen LogP contribution in [0.15, 0.2) is 24.3 Å². The molecule has 0 saturated carbocycles. The van der Waals surface area contributed by atoms with Crippen LogP contribution in [0, 0.1) is 6.92 Å². The smallest absolute Gasteiger partial charge is 0.241 e. The van der Waals surface area contributed by atoms with Crippen LogP contribution in [-0.4, -0.2) is 42.1 Å². The van der Waals surface area contributed by atoms with Crippen molar-refractivity contribution in [3.63, 3.8) is 0 Å². The third kappa shape index (κ3) is 5.42. The van der Waals surface area contributed by atoms with Crippen molar-refractivity contribution in [3.05, 3.63) is 35.4 Å². The molecule has 1 aliphatic heterocycles. The summed E-state index contributed by atoms with van der Waals surface area (Å²) in [6.45, 7) is 3.85. The summed E-state index contributed by atoms with van der Waals surface area (Å²) in [5.41, 5.74) is 2.45. The highest BCUT2D eigenvalue weighted by atomic mass is 32.2. The van der Waals surface area contributed by atoms with E-state index < -0.39 is 0 Å². The first-order chi connectivity index (χ1) is 10.1. The highest BCUT2D eigenvalue weighted by molar-refractivity contribution is 7.99. The Morgan fingerprint density at radius 3 is 2.76 bits per heavy atom. The molecule has 0 radical (unpaired) electrons. The lowest BCUT2D eigenvalue weighted by Crippen LogP contribution is -2.39. The summed E-state index contributed by atoms with van der Waals surface area (Å²) in [4.78, 5) is 25.3. The molecule has 1 aliphatic rings. The van der Waals surface area contributed by atoms with Crippen molar-refractivity contribution in [1.82, 2.24) is 10.2 Å². The number of rotatable bonds is 6. The van der Waals surface area contributed by atoms with Gasteiger partial charge in [0.25, 0.3) is 0 Å². The number of hydrogen-bond acceptors (Lipinski definition) is 3. The van der Waals surface area contributed by atoms with Gasteiger partial charge in [0, 0.05) is 18.8 Å². The van der Waals surface area contributed by atoms with E-state index in [-0.39, 0.29) is 18.4 Å². The van der Waals surface area contributed by atoms with Crippen LogP contribution in [-0.2, 0) is 15.3 Å². The second-order valence-electron chi connectivity index (χ2n) is 5.35. The van der Waals surface area contributed by atoms with E-state index in [1.54, 1.807) is 11.8 Å². The molecule has 1 saturated heterocycles. The Kier molecular flexibility index (Phi) is 6.11. The lowest BCUT2D eigenvalue weighted by atomic mass is 10.2. The molecule has 0 atom stereocenters. The van der Waals surface area contributed by atoms with Gasteiger partial charge in [-0.15, -0.1) is 11.8 Å². The van der Waals surface area contributed by atoms with Gasteiger partial charge in [0.05, 0.1) is 12.3 Å². The fraction of sp³-hybridized carbons (Fsp3) is 0.500. The summed E-state index contributed by atoms with van der Waals surface area (Å²) in [5, 5.41) is 2.71. The van der Waals surface area contributed by atoms with E-state index in [4.69, 9.17) is 0 Å². The third-order valence-corrected chi connectivity index (χ3v) is 4.48. The Hall–Kier alpha value is -1.49. The zero-order valence-corrected chi connectivity index (χ0v) is 13.2. The number of carbonyl (C=O) groups excluding carboxylic acids is 2. The number of likely N-dealkylation sites (tertiary alicyclic amines) is 1. The first-order valence-corrected chi connectivity index (χ1v) is 8.48. The number of nitrogens with zero attached hydrogens (tertiary/aromatic N) is 1. The van der Waals surface area contributed by atoms with E-state index in [1.807, 2.05) is 11.0 Å². The lowest BCUT2D eigenvalue weighted by Gasteiger charge is -2.15. The number of thioether (sulfide) groups is 1. The van der Waals surface area contributed by atoms with Crippen molar-refractivity contribution in [2.75, 3.05) is 25.4 Å². The minimum Gasteiger partial charge on any atom is -0.346 e. The van der Waals surface area contributed by atoms with Crippen LogP contribution in [0.25, 0.3) is 0 Å². The Bertz CT molecular complexity index is 499. The number of hydrogen-bond donors (Lipinski definition) is 1. The Morgan fingerprint density at radius 2 is 2.05 bits per heavy atom. The predicted molar refractivity (Wildman–Crippen MR) is 86.2 cm³/mol. The number of nitrogens with one attached hydrogen (secondary N) is 1. The average Bonchev–Trinajstić information content (AvgIpc) is 2.99. The molecular weight excluding hydrogens is 284 g/mol. The van der Waals surface area contributed by atoms with Crippen molar-refractivity contribution < 1.29 is 9.59 Å². The lowest BCUT2D eigenvalue weighted by molar-refractivity contribution is -0.131. The fourth-order valence-electron chi connectivity index (χ4n) is 2.37. The SMILES string of the molecule is Cc1cccc(CSCC(=O)NCC(=O)N2CCCC2)c1. The molecule has 4 nitrogen and oxygen atoms in total. The van der Waals surface area contributed by atoms with Gasteiger partial charge in [-0.3, -0.25) is 9.59 Å². The molecule has 1 heterocycles. The van der Waals surface area contributed by atoms with Gasteiger partial charge in [-0.2, -0.15) is 0 Å². The van der Waals surface area contributed by atoms with Gasteiger partial charge in [0.1, 0.15) is 0 Å². The minimum atomic E-state index is -0.0693. The van der Waals surface area contributed by atoms with Crippen LogP contribution in [0.3, 0.4) is 0 Å². The maximum Gasteiger partial charge on any atom is 0.241 e. The van der Waals surface area contributed by atoms with Crippen molar-refractivity contribution in [2.24, 2.45) is 0 Å². The Morgan fingerprint density at radius 1 is 1.29 bits per heavy atom. The molecule has 1 N–H and O–H groups in total. The van der Waals surface area contributed by atoms with Gasteiger partial charge in [-0.1, -0.05) is 29.8 Å². The van der Waals surface area contributed by atoms with E-state index in [9.17, 15) is 9.59 Å². The molecule has 2 amide bonds. The normalized spacial score (nSPS) is 14.2. The molecule has 0 aromatic heterocycles. The summed E-state index contributed by atoms with van der Waals surface area (Å²) in [5.74, 6) is 1.17. The van der Waals surface area contributed by atoms with Gasteiger partial charge in [-0.25, -0.2) is 0 Å². The third-order valence-electron chi connectivity index (χ3n) is 3.48. The maximum atomic E-state index is 11.8. The quantitative estimate of drug-likeness (QED) is 0.874. The average molecular weight is 306 g/mol. The zero-order valence-electron chi connectivity index (χ0n) is 12.4. The molecule has 0 aliphatic carbocycles. The number of benzene rings is 1. The van der Waals surface area contributed by atoms with Crippen LogP contribution in [0.1, 0.15) is 24.0 Å². The van der Waals surface area contributed by atoms with Gasteiger partial charge >= 0.3 is 0 Å². The topological polar surface area (TPSA) is 49.4 Å². The second-order valence-corrected chi connectivity index (χ2v) is 6.33. The van der Waals surface area contributed by atoms with E-state index in [1.165, 1.54) is 11.1 Å². The first-order valence-electron chi connectivity index (χ1n) is 7.33. The molecular formula is C16H22N2O2S. The summed E-state index contributed by atoms with van der Waals surface area (Å²) in [7, 11) is 0.